The fraction of sp³-hybridized carbons (Fsp3) is 0.423. The number of pyridine rings is 1. The molecule has 0 bridgehead atoms. The molecule has 10 heteroatoms. The van der Waals surface area contributed by atoms with E-state index < -0.39 is 5.82 Å². The van der Waals surface area contributed by atoms with Gasteiger partial charge in [-0.05, 0) is 67.3 Å². The molecule has 1 aliphatic carbocycles. The lowest BCUT2D eigenvalue weighted by atomic mass is 9.76. The highest BCUT2D eigenvalue weighted by atomic mass is 35.5. The van der Waals surface area contributed by atoms with Gasteiger partial charge in [0, 0.05) is 36.3 Å². The number of amides is 2. The van der Waals surface area contributed by atoms with E-state index in [2.05, 4.69) is 30.9 Å². The third-order valence-electron chi connectivity index (χ3n) is 6.93. The van der Waals surface area contributed by atoms with Gasteiger partial charge in [0.15, 0.2) is 11.6 Å². The van der Waals surface area contributed by atoms with Crippen LogP contribution in [0.5, 0.6) is 0 Å². The summed E-state index contributed by atoms with van der Waals surface area (Å²) in [6.45, 7) is 8.40. The summed E-state index contributed by atoms with van der Waals surface area (Å²) in [6, 6.07) is 0.0692. The molecule has 0 fully saturated rings. The second-order valence-electron chi connectivity index (χ2n) is 9.90. The highest BCUT2D eigenvalue weighted by molar-refractivity contribution is 6.28. The first-order valence-corrected chi connectivity index (χ1v) is 12.6. The zero-order chi connectivity index (χ0) is 25.7. The molecular weight excluding hydrogens is 483 g/mol. The van der Waals surface area contributed by atoms with Crippen molar-refractivity contribution in [2.45, 2.75) is 59.4 Å². The van der Waals surface area contributed by atoms with Crippen molar-refractivity contribution in [3.05, 3.63) is 56.4 Å². The van der Waals surface area contributed by atoms with Crippen LogP contribution >= 0.6 is 11.6 Å². The monoisotopic (exact) mass is 510 g/mol. The number of aryl methyl sites for hydroxylation is 1. The number of rotatable bonds is 4. The van der Waals surface area contributed by atoms with Crippen molar-refractivity contribution in [1.29, 1.82) is 0 Å². The minimum Gasteiger partial charge on any atom is -0.351 e. The number of fused-ring (bicyclic) bond motifs is 2. The van der Waals surface area contributed by atoms with Crippen molar-refractivity contribution in [3.63, 3.8) is 0 Å². The van der Waals surface area contributed by atoms with Crippen molar-refractivity contribution in [2.24, 2.45) is 5.92 Å². The van der Waals surface area contributed by atoms with Gasteiger partial charge in [0.05, 0.1) is 5.69 Å². The summed E-state index contributed by atoms with van der Waals surface area (Å²) < 4.78 is 16.2. The van der Waals surface area contributed by atoms with E-state index >= 15 is 4.39 Å². The molecule has 1 unspecified atom stereocenters. The van der Waals surface area contributed by atoms with Crippen LogP contribution in [0.1, 0.15) is 67.7 Å². The largest absolute Gasteiger partial charge is 0.351 e. The maximum Gasteiger partial charge on any atom is 0.256 e. The second kappa shape index (κ2) is 9.28. The SMILES string of the molecule is CC1=C(C2=C(C(C)C)c3c(cnc(Nc4nc(Cl)nc5c4C(=O)NCC5)c3F)CC2)C(=O)NC(C)C1. The summed E-state index contributed by atoms with van der Waals surface area (Å²) in [5.41, 5.74) is 5.35. The van der Waals surface area contributed by atoms with Gasteiger partial charge in [0.25, 0.3) is 11.8 Å². The zero-order valence-corrected chi connectivity index (χ0v) is 21.4. The van der Waals surface area contributed by atoms with E-state index in [0.717, 1.165) is 28.7 Å². The zero-order valence-electron chi connectivity index (χ0n) is 20.7. The van der Waals surface area contributed by atoms with Gasteiger partial charge in [-0.3, -0.25) is 9.59 Å². The molecule has 4 heterocycles. The van der Waals surface area contributed by atoms with E-state index in [0.29, 0.717) is 42.6 Å². The molecule has 3 aliphatic rings. The highest BCUT2D eigenvalue weighted by Gasteiger charge is 2.33. The Morgan fingerprint density at radius 1 is 1.11 bits per heavy atom. The molecule has 0 spiro atoms. The smallest absolute Gasteiger partial charge is 0.256 e. The second-order valence-corrected chi connectivity index (χ2v) is 10.2. The fourth-order valence-corrected chi connectivity index (χ4v) is 5.70. The lowest BCUT2D eigenvalue weighted by Gasteiger charge is -2.32. The maximum atomic E-state index is 16.2. The van der Waals surface area contributed by atoms with Gasteiger partial charge in [0.1, 0.15) is 11.4 Å². The molecule has 8 nitrogen and oxygen atoms in total. The Morgan fingerprint density at radius 3 is 2.61 bits per heavy atom. The first kappa shape index (κ1) is 24.4. The van der Waals surface area contributed by atoms with Crippen molar-refractivity contribution in [2.75, 3.05) is 11.9 Å². The standard InChI is InChI=1S/C26H28ClFN6O2/c1-11(2)17-15(18-12(3)9-13(4)31-25(18)36)6-5-14-10-30-23(21(28)19(14)17)33-22-20-16(32-26(27)34-22)7-8-29-24(20)35/h10-11,13H,5-9H2,1-4H3,(H,29,35)(H,31,36)(H,30,32,33,34). The number of anilines is 2. The van der Waals surface area contributed by atoms with E-state index in [4.69, 9.17) is 11.6 Å². The number of nitrogens with one attached hydrogen (secondary N) is 3. The number of allylic oxidation sites excluding steroid dienone is 1. The Labute approximate surface area is 213 Å². The average Bonchev–Trinajstić information content (AvgIpc) is 2.79. The summed E-state index contributed by atoms with van der Waals surface area (Å²) in [6.07, 6.45) is 4.12. The quantitative estimate of drug-likeness (QED) is 0.530. The molecule has 2 amide bonds. The van der Waals surface area contributed by atoms with E-state index in [-0.39, 0.29) is 46.3 Å². The topological polar surface area (TPSA) is 109 Å². The first-order chi connectivity index (χ1) is 17.2. The molecule has 36 heavy (non-hydrogen) atoms. The van der Waals surface area contributed by atoms with Crippen molar-refractivity contribution < 1.29 is 14.0 Å². The van der Waals surface area contributed by atoms with Gasteiger partial charge >= 0.3 is 0 Å². The Bertz CT molecular complexity index is 1370. The highest BCUT2D eigenvalue weighted by Crippen LogP contribution is 2.43. The Morgan fingerprint density at radius 2 is 1.89 bits per heavy atom. The van der Waals surface area contributed by atoms with E-state index in [1.54, 1.807) is 6.20 Å². The predicted molar refractivity (Wildman–Crippen MR) is 136 cm³/mol. The van der Waals surface area contributed by atoms with Gasteiger partial charge < -0.3 is 16.0 Å². The van der Waals surface area contributed by atoms with Crippen LogP contribution in [-0.4, -0.2) is 39.4 Å². The Balaban J connectivity index is 1.64. The maximum absolute atomic E-state index is 16.2. The third kappa shape index (κ3) is 4.15. The molecule has 2 aromatic rings. The lowest BCUT2D eigenvalue weighted by Crippen LogP contribution is -2.39. The molecule has 1 atom stereocenters. The van der Waals surface area contributed by atoms with Crippen LogP contribution in [0.2, 0.25) is 5.28 Å². The van der Waals surface area contributed by atoms with Crippen molar-refractivity contribution in [3.8, 4) is 0 Å². The van der Waals surface area contributed by atoms with E-state index in [1.165, 1.54) is 0 Å². The minimum atomic E-state index is -0.545. The average molecular weight is 511 g/mol. The van der Waals surface area contributed by atoms with Crippen LogP contribution in [0.15, 0.2) is 22.9 Å². The molecular formula is C26H28ClFN6O2. The van der Waals surface area contributed by atoms with Gasteiger partial charge in [-0.1, -0.05) is 19.4 Å². The lowest BCUT2D eigenvalue weighted by molar-refractivity contribution is -0.118. The minimum absolute atomic E-state index is 0.0330. The van der Waals surface area contributed by atoms with Crippen LogP contribution in [0, 0.1) is 11.7 Å². The predicted octanol–water partition coefficient (Wildman–Crippen LogP) is 4.27. The Kier molecular flexibility index (Phi) is 6.28. The third-order valence-corrected chi connectivity index (χ3v) is 7.10. The van der Waals surface area contributed by atoms with Gasteiger partial charge in [0.2, 0.25) is 5.28 Å². The van der Waals surface area contributed by atoms with Gasteiger partial charge in [-0.15, -0.1) is 0 Å². The molecule has 0 saturated heterocycles. The summed E-state index contributed by atoms with van der Waals surface area (Å²) in [4.78, 5) is 38.2. The molecule has 2 aliphatic heterocycles. The van der Waals surface area contributed by atoms with Crippen LogP contribution in [-0.2, 0) is 17.6 Å². The summed E-state index contributed by atoms with van der Waals surface area (Å²) in [5.74, 6) is -0.989. The number of nitrogens with zero attached hydrogens (tertiary/aromatic N) is 3. The van der Waals surface area contributed by atoms with Gasteiger partial charge in [-0.25, -0.2) is 14.4 Å². The van der Waals surface area contributed by atoms with Crippen LogP contribution in [0.25, 0.3) is 5.57 Å². The summed E-state index contributed by atoms with van der Waals surface area (Å²) in [7, 11) is 0. The fourth-order valence-electron chi connectivity index (χ4n) is 5.51. The van der Waals surface area contributed by atoms with Gasteiger partial charge in [-0.2, -0.15) is 4.98 Å². The molecule has 3 N–H and O–H groups in total. The number of halogens is 2. The number of hydrogen-bond acceptors (Lipinski definition) is 6. The van der Waals surface area contributed by atoms with E-state index in [9.17, 15) is 9.59 Å². The Hall–Kier alpha value is -3.33. The number of aromatic nitrogens is 3. The van der Waals surface area contributed by atoms with Crippen LogP contribution in [0.3, 0.4) is 0 Å². The van der Waals surface area contributed by atoms with Crippen LogP contribution < -0.4 is 16.0 Å². The number of hydrogen-bond donors (Lipinski definition) is 3. The molecule has 0 aromatic carbocycles. The molecule has 5 rings (SSSR count). The molecule has 188 valence electrons. The first-order valence-electron chi connectivity index (χ1n) is 12.2. The summed E-state index contributed by atoms with van der Waals surface area (Å²) >= 11 is 6.10. The normalized spacial score (nSPS) is 19.7. The molecule has 0 saturated carbocycles. The van der Waals surface area contributed by atoms with Crippen molar-refractivity contribution >= 4 is 40.6 Å². The number of carbonyl (C=O) groups excluding carboxylic acids is 2. The molecule has 0 radical (unpaired) electrons. The molecule has 2 aromatic heterocycles. The van der Waals surface area contributed by atoms with Crippen molar-refractivity contribution in [1.82, 2.24) is 25.6 Å². The summed E-state index contributed by atoms with van der Waals surface area (Å²) in [5, 5.41) is 8.65. The van der Waals surface area contributed by atoms with E-state index in [1.807, 2.05) is 27.7 Å². The number of carbonyl (C=O) groups is 2. The van der Waals surface area contributed by atoms with Crippen LogP contribution in [0.4, 0.5) is 16.0 Å².